The number of benzene rings is 1. The van der Waals surface area contributed by atoms with Crippen LogP contribution in [0.15, 0.2) is 30.3 Å². The Kier molecular flexibility index (Phi) is 2.25. The highest BCUT2D eigenvalue weighted by atomic mass is 16.3. The highest BCUT2D eigenvalue weighted by Gasteiger charge is 2.38. The molecule has 3 rings (SSSR count). The number of nitriles is 1. The average Bonchev–Trinajstić information content (AvgIpc) is 2.34. The maximum Gasteiger partial charge on any atom is 0.147 e. The number of β-amino-alcohol motifs (C(OH)–C–C–N with tert-alkyl or cyclic N) is 1. The molecule has 0 unspecified atom stereocenters. The normalized spacial score (nSPS) is 17.3. The summed E-state index contributed by atoms with van der Waals surface area (Å²) < 4.78 is 0. The van der Waals surface area contributed by atoms with Gasteiger partial charge >= 0.3 is 0 Å². The van der Waals surface area contributed by atoms with Crippen LogP contribution >= 0.6 is 0 Å². The summed E-state index contributed by atoms with van der Waals surface area (Å²) in [5.41, 5.74) is 0.766. The molecule has 0 aliphatic carbocycles. The van der Waals surface area contributed by atoms with Crippen LogP contribution in [0.3, 0.4) is 0 Å². The summed E-state index contributed by atoms with van der Waals surface area (Å²) >= 11 is 0. The Morgan fingerprint density at radius 3 is 2.78 bits per heavy atom. The number of anilines is 1. The first-order chi connectivity index (χ1) is 8.59. The van der Waals surface area contributed by atoms with E-state index in [4.69, 9.17) is 0 Å². The summed E-state index contributed by atoms with van der Waals surface area (Å²) in [4.78, 5) is 6.46. The zero-order valence-electron chi connectivity index (χ0n) is 10.1. The van der Waals surface area contributed by atoms with Gasteiger partial charge in [-0.05, 0) is 19.1 Å². The smallest absolute Gasteiger partial charge is 0.147 e. The van der Waals surface area contributed by atoms with Crippen molar-refractivity contribution in [1.29, 1.82) is 5.26 Å². The van der Waals surface area contributed by atoms with Gasteiger partial charge in [0.1, 0.15) is 11.9 Å². The standard InChI is InChI=1S/C14H13N3O/c1-14(18)8-17(9-14)13-11(7-15)6-10-4-2-3-5-12(10)16-13/h2-6,18H,8-9H2,1H3. The van der Waals surface area contributed by atoms with Crippen LogP contribution < -0.4 is 4.90 Å². The van der Waals surface area contributed by atoms with Crippen LogP contribution in [0.2, 0.25) is 0 Å². The molecule has 1 fully saturated rings. The van der Waals surface area contributed by atoms with Crippen molar-refractivity contribution in [2.75, 3.05) is 18.0 Å². The van der Waals surface area contributed by atoms with E-state index in [0.29, 0.717) is 24.5 Å². The number of hydrogen-bond donors (Lipinski definition) is 1. The summed E-state index contributed by atoms with van der Waals surface area (Å²) in [6, 6.07) is 11.8. The van der Waals surface area contributed by atoms with Gasteiger partial charge in [0.15, 0.2) is 0 Å². The molecule has 0 spiro atoms. The van der Waals surface area contributed by atoms with Gasteiger partial charge in [-0.15, -0.1) is 0 Å². The van der Waals surface area contributed by atoms with Gasteiger partial charge in [-0.2, -0.15) is 5.26 Å². The first kappa shape index (κ1) is 11.0. The van der Waals surface area contributed by atoms with Crippen LogP contribution in [0, 0.1) is 11.3 Å². The molecule has 1 aliphatic rings. The molecule has 4 nitrogen and oxygen atoms in total. The van der Waals surface area contributed by atoms with E-state index in [-0.39, 0.29) is 0 Å². The van der Waals surface area contributed by atoms with Crippen molar-refractivity contribution in [2.45, 2.75) is 12.5 Å². The van der Waals surface area contributed by atoms with Crippen molar-refractivity contribution in [3.05, 3.63) is 35.9 Å². The monoisotopic (exact) mass is 239 g/mol. The number of hydrogen-bond acceptors (Lipinski definition) is 4. The van der Waals surface area contributed by atoms with E-state index >= 15 is 0 Å². The predicted octanol–water partition coefficient (Wildman–Crippen LogP) is 1.68. The summed E-state index contributed by atoms with van der Waals surface area (Å²) in [5.74, 6) is 0.669. The summed E-state index contributed by atoms with van der Waals surface area (Å²) in [5, 5.41) is 19.9. The lowest BCUT2D eigenvalue weighted by atomic mass is 9.96. The van der Waals surface area contributed by atoms with Crippen molar-refractivity contribution in [2.24, 2.45) is 0 Å². The molecular formula is C14H13N3O. The van der Waals surface area contributed by atoms with Gasteiger partial charge in [0.25, 0.3) is 0 Å². The molecule has 2 aromatic rings. The third-order valence-corrected chi connectivity index (χ3v) is 3.19. The van der Waals surface area contributed by atoms with Crippen LogP contribution in [0.1, 0.15) is 12.5 Å². The maximum absolute atomic E-state index is 9.77. The Morgan fingerprint density at radius 2 is 2.11 bits per heavy atom. The quantitative estimate of drug-likeness (QED) is 0.822. The second kappa shape index (κ2) is 3.69. The summed E-state index contributed by atoms with van der Waals surface area (Å²) in [6.07, 6.45) is 0. The fourth-order valence-electron chi connectivity index (χ4n) is 2.35. The zero-order valence-corrected chi connectivity index (χ0v) is 10.1. The van der Waals surface area contributed by atoms with Gasteiger partial charge in [0, 0.05) is 18.5 Å². The van der Waals surface area contributed by atoms with Crippen LogP contribution in [0.25, 0.3) is 10.9 Å². The van der Waals surface area contributed by atoms with E-state index in [0.717, 1.165) is 10.9 Å². The lowest BCUT2D eigenvalue weighted by Crippen LogP contribution is -2.60. The minimum atomic E-state index is -0.667. The van der Waals surface area contributed by atoms with Gasteiger partial charge < -0.3 is 10.0 Å². The molecule has 0 amide bonds. The second-order valence-corrected chi connectivity index (χ2v) is 5.02. The van der Waals surface area contributed by atoms with Crippen molar-refractivity contribution in [3.8, 4) is 6.07 Å². The van der Waals surface area contributed by atoms with Gasteiger partial charge in [-0.25, -0.2) is 4.98 Å². The van der Waals surface area contributed by atoms with Crippen molar-refractivity contribution in [1.82, 2.24) is 4.98 Å². The Morgan fingerprint density at radius 1 is 1.39 bits per heavy atom. The third kappa shape index (κ3) is 1.69. The van der Waals surface area contributed by atoms with Crippen LogP contribution in [0.5, 0.6) is 0 Å². The largest absolute Gasteiger partial charge is 0.386 e. The molecule has 0 saturated carbocycles. The maximum atomic E-state index is 9.77. The number of fused-ring (bicyclic) bond motifs is 1. The number of para-hydroxylation sites is 1. The van der Waals surface area contributed by atoms with Crippen LogP contribution in [-0.2, 0) is 0 Å². The summed E-state index contributed by atoms with van der Waals surface area (Å²) in [6.45, 7) is 2.83. The molecule has 0 bridgehead atoms. The number of aromatic nitrogens is 1. The molecule has 18 heavy (non-hydrogen) atoms. The van der Waals surface area contributed by atoms with Gasteiger partial charge in [-0.3, -0.25) is 0 Å². The van der Waals surface area contributed by atoms with Crippen molar-refractivity contribution < 1.29 is 5.11 Å². The highest BCUT2D eigenvalue weighted by Crippen LogP contribution is 2.30. The van der Waals surface area contributed by atoms with E-state index < -0.39 is 5.60 Å². The first-order valence-corrected chi connectivity index (χ1v) is 5.86. The van der Waals surface area contributed by atoms with Gasteiger partial charge in [0.2, 0.25) is 0 Å². The lowest BCUT2D eigenvalue weighted by molar-refractivity contribution is 0.0305. The Bertz CT molecular complexity index is 650. The Balaban J connectivity index is 2.09. The molecule has 0 atom stereocenters. The SMILES string of the molecule is CC1(O)CN(c2nc3ccccc3cc2C#N)C1. The topological polar surface area (TPSA) is 60.1 Å². The van der Waals surface area contributed by atoms with Crippen molar-refractivity contribution >= 4 is 16.7 Å². The molecule has 90 valence electrons. The van der Waals surface area contributed by atoms with Crippen molar-refractivity contribution in [3.63, 3.8) is 0 Å². The average molecular weight is 239 g/mol. The van der Waals surface area contributed by atoms with Gasteiger partial charge in [0.05, 0.1) is 16.7 Å². The van der Waals surface area contributed by atoms with Crippen LogP contribution in [-0.4, -0.2) is 28.8 Å². The highest BCUT2D eigenvalue weighted by molar-refractivity contribution is 5.83. The number of aliphatic hydroxyl groups is 1. The van der Waals surface area contributed by atoms with E-state index in [1.165, 1.54) is 0 Å². The van der Waals surface area contributed by atoms with E-state index in [1.54, 1.807) is 6.92 Å². The predicted molar refractivity (Wildman–Crippen MR) is 69.3 cm³/mol. The zero-order chi connectivity index (χ0) is 12.8. The van der Waals surface area contributed by atoms with Gasteiger partial charge in [-0.1, -0.05) is 18.2 Å². The molecule has 4 heteroatoms. The minimum absolute atomic E-state index is 0.521. The van der Waals surface area contributed by atoms with E-state index in [1.807, 2.05) is 35.2 Å². The molecule has 1 N–H and O–H groups in total. The fourth-order valence-corrected chi connectivity index (χ4v) is 2.35. The van der Waals surface area contributed by atoms with E-state index in [2.05, 4.69) is 11.1 Å². The molecular weight excluding hydrogens is 226 g/mol. The number of nitrogens with zero attached hydrogens (tertiary/aromatic N) is 3. The Labute approximate surface area is 105 Å². The third-order valence-electron chi connectivity index (χ3n) is 3.19. The first-order valence-electron chi connectivity index (χ1n) is 5.86. The molecule has 1 aromatic carbocycles. The summed E-state index contributed by atoms with van der Waals surface area (Å²) in [7, 11) is 0. The Hall–Kier alpha value is -2.12. The second-order valence-electron chi connectivity index (χ2n) is 5.02. The fraction of sp³-hybridized carbons (Fsp3) is 0.286. The molecule has 1 aromatic heterocycles. The van der Waals surface area contributed by atoms with Crippen LogP contribution in [0.4, 0.5) is 5.82 Å². The molecule has 1 aliphatic heterocycles. The van der Waals surface area contributed by atoms with E-state index in [9.17, 15) is 10.4 Å². The molecule has 1 saturated heterocycles. The lowest BCUT2D eigenvalue weighted by Gasteiger charge is -2.45. The number of rotatable bonds is 1. The minimum Gasteiger partial charge on any atom is -0.386 e. The number of pyridine rings is 1. The molecule has 2 heterocycles. The molecule has 0 radical (unpaired) electrons.